The van der Waals surface area contributed by atoms with E-state index in [4.69, 9.17) is 9.47 Å². The molecule has 0 spiro atoms. The number of H-pyrrole nitrogens is 1. The number of nitriles is 1. The second-order valence-corrected chi connectivity index (χ2v) is 8.40. The van der Waals surface area contributed by atoms with Crippen molar-refractivity contribution < 1.29 is 14.6 Å². The van der Waals surface area contributed by atoms with Crippen LogP contribution >= 0.6 is 0 Å². The van der Waals surface area contributed by atoms with E-state index in [2.05, 4.69) is 31.5 Å². The molecule has 9 heteroatoms. The maximum absolute atomic E-state index is 9.71. The standard InChI is InChI=1S/C25H26N6O3/c1-33-23-11-20-22(12-24(23)34-9-8-31-6-4-19(32)5-7-31)27-14-17(13-26)25(20)29-18-3-2-16-15-28-30-21(16)10-18/h2-3,10-12,14-15,19,32H,4-9H2,1H3,(H,27,29)(H,28,30). The minimum absolute atomic E-state index is 0.189. The first-order valence-electron chi connectivity index (χ1n) is 11.3. The number of likely N-dealkylation sites (tertiary alicyclic amines) is 1. The van der Waals surface area contributed by atoms with Crippen LogP contribution < -0.4 is 14.8 Å². The van der Waals surface area contributed by atoms with E-state index in [-0.39, 0.29) is 6.10 Å². The third-order valence-electron chi connectivity index (χ3n) is 6.21. The van der Waals surface area contributed by atoms with Crippen LogP contribution in [0, 0.1) is 11.3 Å². The monoisotopic (exact) mass is 458 g/mol. The molecular weight excluding hydrogens is 432 g/mol. The molecule has 0 saturated carbocycles. The Bertz CT molecular complexity index is 1350. The molecule has 2 aromatic heterocycles. The summed E-state index contributed by atoms with van der Waals surface area (Å²) in [6, 6.07) is 11.8. The van der Waals surface area contributed by atoms with E-state index in [9.17, 15) is 10.4 Å². The molecule has 2 aromatic carbocycles. The van der Waals surface area contributed by atoms with Gasteiger partial charge in [0.05, 0.1) is 41.7 Å². The number of nitrogens with zero attached hydrogens (tertiary/aromatic N) is 4. The molecule has 3 heterocycles. The number of hydrogen-bond donors (Lipinski definition) is 3. The number of anilines is 2. The van der Waals surface area contributed by atoms with Crippen LogP contribution in [-0.4, -0.2) is 64.6 Å². The number of aromatic amines is 1. The minimum atomic E-state index is -0.189. The summed E-state index contributed by atoms with van der Waals surface area (Å²) in [7, 11) is 1.60. The Balaban J connectivity index is 1.41. The Labute approximate surface area is 196 Å². The van der Waals surface area contributed by atoms with Crippen LogP contribution in [-0.2, 0) is 0 Å². The second kappa shape index (κ2) is 9.55. The highest BCUT2D eigenvalue weighted by molar-refractivity contribution is 5.98. The third kappa shape index (κ3) is 4.46. The number of rotatable bonds is 7. The van der Waals surface area contributed by atoms with Crippen LogP contribution in [0.3, 0.4) is 0 Å². The fraction of sp³-hybridized carbons (Fsp3) is 0.320. The van der Waals surface area contributed by atoms with Gasteiger partial charge < -0.3 is 19.9 Å². The molecule has 0 bridgehead atoms. The summed E-state index contributed by atoms with van der Waals surface area (Å²) in [4.78, 5) is 6.77. The van der Waals surface area contributed by atoms with Gasteiger partial charge in [-0.2, -0.15) is 10.4 Å². The maximum atomic E-state index is 9.71. The van der Waals surface area contributed by atoms with Crippen molar-refractivity contribution in [1.82, 2.24) is 20.1 Å². The fourth-order valence-corrected chi connectivity index (χ4v) is 4.28. The zero-order valence-electron chi connectivity index (χ0n) is 18.9. The summed E-state index contributed by atoms with van der Waals surface area (Å²) in [5, 5.41) is 31.6. The molecule has 5 rings (SSSR count). The molecule has 1 aliphatic rings. The van der Waals surface area contributed by atoms with E-state index in [1.807, 2.05) is 30.3 Å². The van der Waals surface area contributed by atoms with Crippen LogP contribution in [0.4, 0.5) is 11.4 Å². The summed E-state index contributed by atoms with van der Waals surface area (Å²) in [5.74, 6) is 1.18. The lowest BCUT2D eigenvalue weighted by Crippen LogP contribution is -2.38. The Hall–Kier alpha value is -3.87. The molecule has 0 unspecified atom stereocenters. The summed E-state index contributed by atoms with van der Waals surface area (Å²) in [6.07, 6.45) is 4.74. The fourth-order valence-electron chi connectivity index (χ4n) is 4.28. The molecule has 0 amide bonds. The van der Waals surface area contributed by atoms with E-state index in [1.54, 1.807) is 19.5 Å². The van der Waals surface area contributed by atoms with Gasteiger partial charge in [-0.15, -0.1) is 0 Å². The van der Waals surface area contributed by atoms with Crippen molar-refractivity contribution in [1.29, 1.82) is 5.26 Å². The smallest absolute Gasteiger partial charge is 0.163 e. The van der Waals surface area contributed by atoms with Crippen molar-refractivity contribution in [2.75, 3.05) is 38.7 Å². The second-order valence-electron chi connectivity index (χ2n) is 8.40. The normalized spacial score (nSPS) is 14.9. The number of nitrogens with one attached hydrogen (secondary N) is 2. The van der Waals surface area contributed by atoms with Crippen molar-refractivity contribution in [3.63, 3.8) is 0 Å². The van der Waals surface area contributed by atoms with Crippen LogP contribution in [0.1, 0.15) is 18.4 Å². The molecule has 0 radical (unpaired) electrons. The lowest BCUT2D eigenvalue weighted by Gasteiger charge is -2.29. The maximum Gasteiger partial charge on any atom is 0.163 e. The van der Waals surface area contributed by atoms with Crippen molar-refractivity contribution in [2.24, 2.45) is 0 Å². The van der Waals surface area contributed by atoms with Gasteiger partial charge in [0.25, 0.3) is 0 Å². The molecular formula is C25H26N6O3. The number of methoxy groups -OCH3 is 1. The summed E-state index contributed by atoms with van der Waals surface area (Å²) in [6.45, 7) is 3.02. The van der Waals surface area contributed by atoms with Gasteiger partial charge in [0.2, 0.25) is 0 Å². The van der Waals surface area contributed by atoms with Crippen LogP contribution in [0.5, 0.6) is 11.5 Å². The molecule has 1 fully saturated rings. The van der Waals surface area contributed by atoms with Gasteiger partial charge in [0.15, 0.2) is 11.5 Å². The summed E-state index contributed by atoms with van der Waals surface area (Å²) in [5.41, 5.74) is 3.51. The average molecular weight is 459 g/mol. The van der Waals surface area contributed by atoms with E-state index in [0.29, 0.717) is 34.9 Å². The first-order chi connectivity index (χ1) is 16.6. The molecule has 9 nitrogen and oxygen atoms in total. The Morgan fingerprint density at radius 2 is 2.06 bits per heavy atom. The molecule has 1 saturated heterocycles. The average Bonchev–Trinajstić information content (AvgIpc) is 3.33. The number of pyridine rings is 1. The third-order valence-corrected chi connectivity index (χ3v) is 6.21. The Kier molecular flexibility index (Phi) is 6.16. The predicted octanol–water partition coefficient (Wildman–Crippen LogP) is 3.57. The van der Waals surface area contributed by atoms with Crippen LogP contribution in [0.2, 0.25) is 0 Å². The highest BCUT2D eigenvalue weighted by atomic mass is 16.5. The lowest BCUT2D eigenvalue weighted by atomic mass is 10.1. The van der Waals surface area contributed by atoms with Gasteiger partial charge in [0.1, 0.15) is 12.7 Å². The van der Waals surface area contributed by atoms with Gasteiger partial charge in [-0.3, -0.25) is 15.0 Å². The topological polar surface area (TPSA) is 119 Å². The van der Waals surface area contributed by atoms with Gasteiger partial charge in [-0.05, 0) is 37.1 Å². The molecule has 4 aromatic rings. The number of benzene rings is 2. The molecule has 34 heavy (non-hydrogen) atoms. The number of aliphatic hydroxyl groups is 1. The van der Waals surface area contributed by atoms with Crippen molar-refractivity contribution in [2.45, 2.75) is 18.9 Å². The van der Waals surface area contributed by atoms with Gasteiger partial charge in [0, 0.05) is 48.4 Å². The van der Waals surface area contributed by atoms with Crippen LogP contribution in [0.25, 0.3) is 21.8 Å². The zero-order valence-corrected chi connectivity index (χ0v) is 18.9. The van der Waals surface area contributed by atoms with E-state index in [1.165, 1.54) is 0 Å². The van der Waals surface area contributed by atoms with E-state index >= 15 is 0 Å². The molecule has 0 atom stereocenters. The number of hydrogen-bond acceptors (Lipinski definition) is 8. The quantitative estimate of drug-likeness (QED) is 0.385. The van der Waals surface area contributed by atoms with Crippen molar-refractivity contribution >= 4 is 33.2 Å². The zero-order chi connectivity index (χ0) is 23.5. The predicted molar refractivity (Wildman–Crippen MR) is 130 cm³/mol. The van der Waals surface area contributed by atoms with Crippen molar-refractivity contribution in [3.05, 3.63) is 48.3 Å². The molecule has 0 aliphatic carbocycles. The molecule has 174 valence electrons. The largest absolute Gasteiger partial charge is 0.493 e. The van der Waals surface area contributed by atoms with Gasteiger partial charge >= 0.3 is 0 Å². The van der Waals surface area contributed by atoms with E-state index < -0.39 is 0 Å². The number of fused-ring (bicyclic) bond motifs is 2. The van der Waals surface area contributed by atoms with Crippen molar-refractivity contribution in [3.8, 4) is 17.6 Å². The number of aromatic nitrogens is 3. The Morgan fingerprint density at radius 3 is 2.85 bits per heavy atom. The van der Waals surface area contributed by atoms with E-state index in [0.717, 1.165) is 54.5 Å². The number of piperidine rings is 1. The van der Waals surface area contributed by atoms with Gasteiger partial charge in [-0.1, -0.05) is 0 Å². The Morgan fingerprint density at radius 1 is 1.21 bits per heavy atom. The molecule has 3 N–H and O–H groups in total. The minimum Gasteiger partial charge on any atom is -0.493 e. The highest BCUT2D eigenvalue weighted by Crippen LogP contribution is 2.37. The highest BCUT2D eigenvalue weighted by Gasteiger charge is 2.18. The first kappa shape index (κ1) is 21.9. The SMILES string of the molecule is COc1cc2c(Nc3ccc4cn[nH]c4c3)c(C#N)cnc2cc1OCCN1CCC(O)CC1. The van der Waals surface area contributed by atoms with Gasteiger partial charge in [-0.25, -0.2) is 0 Å². The first-order valence-corrected chi connectivity index (χ1v) is 11.3. The summed E-state index contributed by atoms with van der Waals surface area (Å²) < 4.78 is 11.7. The van der Waals surface area contributed by atoms with Crippen LogP contribution in [0.15, 0.2) is 42.7 Å². The lowest BCUT2D eigenvalue weighted by molar-refractivity contribution is 0.0753. The molecule has 1 aliphatic heterocycles. The summed E-state index contributed by atoms with van der Waals surface area (Å²) >= 11 is 0. The number of ether oxygens (including phenoxy) is 2. The number of aliphatic hydroxyl groups excluding tert-OH is 1.